The monoisotopic (exact) mass is 279 g/mol. The Morgan fingerprint density at radius 3 is 2.55 bits per heavy atom. The molecular weight excluding hydrogens is 258 g/mol. The maximum absolute atomic E-state index is 11.7. The van der Waals surface area contributed by atoms with Gasteiger partial charge in [0.05, 0.1) is 6.04 Å². The number of hydrogen-bond acceptors (Lipinski definition) is 4. The van der Waals surface area contributed by atoms with Crippen LogP contribution in [0.2, 0.25) is 0 Å². The van der Waals surface area contributed by atoms with Crippen LogP contribution < -0.4 is 15.4 Å². The molecule has 20 heavy (non-hydrogen) atoms. The summed E-state index contributed by atoms with van der Waals surface area (Å²) in [5, 5.41) is 4.59. The molecule has 0 saturated heterocycles. The second-order valence-corrected chi connectivity index (χ2v) is 4.39. The van der Waals surface area contributed by atoms with E-state index in [1.807, 2.05) is 42.3 Å². The van der Waals surface area contributed by atoms with Gasteiger partial charge in [-0.1, -0.05) is 18.2 Å². The number of rotatable bonds is 6. The van der Waals surface area contributed by atoms with Crippen molar-refractivity contribution in [3.05, 3.63) is 30.3 Å². The van der Waals surface area contributed by atoms with Gasteiger partial charge in [0.25, 0.3) is 0 Å². The van der Waals surface area contributed by atoms with Crippen molar-refractivity contribution in [2.45, 2.75) is 13.0 Å². The van der Waals surface area contributed by atoms with E-state index in [-0.39, 0.29) is 5.91 Å². The van der Waals surface area contributed by atoms with E-state index in [0.29, 0.717) is 13.2 Å². The highest BCUT2D eigenvalue weighted by Gasteiger charge is 2.19. The molecule has 0 saturated carbocycles. The molecule has 0 aliphatic heterocycles. The number of benzene rings is 1. The van der Waals surface area contributed by atoms with Crippen LogP contribution in [0.3, 0.4) is 0 Å². The molecule has 1 atom stereocenters. The predicted molar refractivity (Wildman–Crippen MR) is 76.6 cm³/mol. The fourth-order valence-corrected chi connectivity index (χ4v) is 1.50. The van der Waals surface area contributed by atoms with Gasteiger partial charge in [-0.25, -0.2) is 4.79 Å². The number of hydrogen-bond donors (Lipinski definition) is 2. The Morgan fingerprint density at radius 2 is 1.95 bits per heavy atom. The molecule has 6 heteroatoms. The molecular formula is C14H21N3O3. The van der Waals surface area contributed by atoms with E-state index in [4.69, 9.17) is 4.74 Å². The molecule has 0 aliphatic rings. The zero-order valence-electron chi connectivity index (χ0n) is 12.1. The third-order valence-electron chi connectivity index (χ3n) is 2.96. The highest BCUT2D eigenvalue weighted by atomic mass is 16.5. The molecule has 6 nitrogen and oxygen atoms in total. The van der Waals surface area contributed by atoms with Crippen LogP contribution in [0.4, 0.5) is 4.79 Å². The maximum Gasteiger partial charge on any atom is 0.321 e. The first-order chi connectivity index (χ1) is 9.54. The highest BCUT2D eigenvalue weighted by molar-refractivity contribution is 5.96. The Balaban J connectivity index is 2.32. The van der Waals surface area contributed by atoms with Crippen LogP contribution >= 0.6 is 0 Å². The number of carbonyl (C=O) groups excluding carboxylic acids is 2. The van der Waals surface area contributed by atoms with E-state index in [1.54, 1.807) is 6.92 Å². The van der Waals surface area contributed by atoms with Crippen molar-refractivity contribution in [3.63, 3.8) is 0 Å². The minimum atomic E-state index is -0.504. The molecule has 0 aromatic heterocycles. The zero-order chi connectivity index (χ0) is 15.0. The Labute approximate surface area is 119 Å². The van der Waals surface area contributed by atoms with E-state index in [1.165, 1.54) is 7.05 Å². The quantitative estimate of drug-likeness (QED) is 0.809. The largest absolute Gasteiger partial charge is 0.492 e. The second kappa shape index (κ2) is 8.16. The topological polar surface area (TPSA) is 70.7 Å². The summed E-state index contributed by atoms with van der Waals surface area (Å²) in [6.45, 7) is 2.79. The smallest absolute Gasteiger partial charge is 0.321 e. The lowest BCUT2D eigenvalue weighted by Gasteiger charge is -2.23. The van der Waals surface area contributed by atoms with Gasteiger partial charge in [0, 0.05) is 13.6 Å². The SMILES string of the molecule is CNC(=O)NC(=O)C(C)N(C)CCOc1ccccc1. The number of nitrogens with one attached hydrogen (secondary N) is 2. The molecule has 1 unspecified atom stereocenters. The summed E-state index contributed by atoms with van der Waals surface area (Å²) >= 11 is 0. The molecule has 0 aliphatic carbocycles. The number of carbonyl (C=O) groups is 2. The maximum atomic E-state index is 11.7. The molecule has 3 amide bonds. The standard InChI is InChI=1S/C14H21N3O3/c1-11(13(18)16-14(19)15-2)17(3)9-10-20-12-7-5-4-6-8-12/h4-8,11H,9-10H2,1-3H3,(H2,15,16,18,19). The molecule has 2 N–H and O–H groups in total. The lowest BCUT2D eigenvalue weighted by atomic mass is 10.3. The summed E-state index contributed by atoms with van der Waals surface area (Å²) in [6.07, 6.45) is 0. The van der Waals surface area contributed by atoms with Crippen LogP contribution in [0.5, 0.6) is 5.75 Å². The van der Waals surface area contributed by atoms with Crippen LogP contribution in [0.25, 0.3) is 0 Å². The van der Waals surface area contributed by atoms with Crippen molar-refractivity contribution < 1.29 is 14.3 Å². The Hall–Kier alpha value is -2.08. The van der Waals surface area contributed by atoms with E-state index in [0.717, 1.165) is 5.75 Å². The highest BCUT2D eigenvalue weighted by Crippen LogP contribution is 2.08. The number of amides is 3. The minimum Gasteiger partial charge on any atom is -0.492 e. The van der Waals surface area contributed by atoms with Gasteiger partial charge in [-0.05, 0) is 26.1 Å². The summed E-state index contributed by atoms with van der Waals surface area (Å²) in [4.78, 5) is 24.6. The normalized spacial score (nSPS) is 11.8. The first-order valence-corrected chi connectivity index (χ1v) is 6.45. The van der Waals surface area contributed by atoms with Crippen molar-refractivity contribution in [1.29, 1.82) is 0 Å². The molecule has 0 spiro atoms. The average Bonchev–Trinajstić information content (AvgIpc) is 2.47. The number of likely N-dealkylation sites (N-methyl/N-ethyl adjacent to an activating group) is 1. The third-order valence-corrected chi connectivity index (χ3v) is 2.96. The third kappa shape index (κ3) is 5.27. The molecule has 0 heterocycles. The van der Waals surface area contributed by atoms with Crippen molar-refractivity contribution >= 4 is 11.9 Å². The van der Waals surface area contributed by atoms with Crippen LogP contribution in [-0.4, -0.2) is 50.1 Å². The Morgan fingerprint density at radius 1 is 1.30 bits per heavy atom. The summed E-state index contributed by atoms with van der Waals surface area (Å²) in [5.41, 5.74) is 0. The fourth-order valence-electron chi connectivity index (χ4n) is 1.50. The average molecular weight is 279 g/mol. The van der Waals surface area contributed by atoms with Gasteiger partial charge in [-0.2, -0.15) is 0 Å². The van der Waals surface area contributed by atoms with Gasteiger partial charge in [0.1, 0.15) is 12.4 Å². The lowest BCUT2D eigenvalue weighted by molar-refractivity contribution is -0.124. The summed E-state index contributed by atoms with van der Waals surface area (Å²) in [7, 11) is 3.27. The zero-order valence-corrected chi connectivity index (χ0v) is 12.1. The van der Waals surface area contributed by atoms with E-state index in [9.17, 15) is 9.59 Å². The van der Waals surface area contributed by atoms with E-state index in [2.05, 4.69) is 10.6 Å². The summed E-state index contributed by atoms with van der Waals surface area (Å²) in [6, 6.07) is 8.56. The summed E-state index contributed by atoms with van der Waals surface area (Å²) in [5.74, 6) is 0.454. The first kappa shape index (κ1) is 16.0. The van der Waals surface area contributed by atoms with Crippen molar-refractivity contribution in [3.8, 4) is 5.75 Å². The molecule has 0 radical (unpaired) electrons. The molecule has 110 valence electrons. The van der Waals surface area contributed by atoms with Crippen molar-refractivity contribution in [2.24, 2.45) is 0 Å². The van der Waals surface area contributed by atoms with Crippen molar-refractivity contribution in [2.75, 3.05) is 27.2 Å². The fraction of sp³-hybridized carbons (Fsp3) is 0.429. The Bertz CT molecular complexity index is 437. The van der Waals surface area contributed by atoms with E-state index >= 15 is 0 Å². The molecule has 1 aromatic carbocycles. The molecule has 1 aromatic rings. The van der Waals surface area contributed by atoms with Crippen LogP contribution in [-0.2, 0) is 4.79 Å². The molecule has 0 bridgehead atoms. The van der Waals surface area contributed by atoms with Gasteiger partial charge in [0.15, 0.2) is 0 Å². The second-order valence-electron chi connectivity index (χ2n) is 4.39. The minimum absolute atomic E-state index is 0.341. The Kier molecular flexibility index (Phi) is 6.52. The number of urea groups is 1. The van der Waals surface area contributed by atoms with Crippen LogP contribution in [0, 0.1) is 0 Å². The van der Waals surface area contributed by atoms with E-state index < -0.39 is 12.1 Å². The number of imide groups is 1. The number of nitrogens with zero attached hydrogens (tertiary/aromatic N) is 1. The number of para-hydroxylation sites is 1. The van der Waals surface area contributed by atoms with Gasteiger partial charge >= 0.3 is 6.03 Å². The molecule has 1 rings (SSSR count). The predicted octanol–water partition coefficient (Wildman–Crippen LogP) is 0.841. The van der Waals surface area contributed by atoms with Crippen molar-refractivity contribution in [1.82, 2.24) is 15.5 Å². The number of ether oxygens (including phenoxy) is 1. The van der Waals surface area contributed by atoms with Gasteiger partial charge in [-0.3, -0.25) is 15.0 Å². The van der Waals surface area contributed by atoms with Gasteiger partial charge in [-0.15, -0.1) is 0 Å². The van der Waals surface area contributed by atoms with Gasteiger partial charge in [0.2, 0.25) is 5.91 Å². The summed E-state index contributed by atoms with van der Waals surface area (Å²) < 4.78 is 5.56. The molecule has 0 fully saturated rings. The van der Waals surface area contributed by atoms with Gasteiger partial charge < -0.3 is 10.1 Å². The lowest BCUT2D eigenvalue weighted by Crippen LogP contribution is -2.48. The van der Waals surface area contributed by atoms with Crippen LogP contribution in [0.15, 0.2) is 30.3 Å². The first-order valence-electron chi connectivity index (χ1n) is 6.45. The van der Waals surface area contributed by atoms with Crippen LogP contribution in [0.1, 0.15) is 6.92 Å².